The number of hydrogen-bond donors (Lipinski definition) is 1. The molecule has 1 saturated carbocycles. The van der Waals surface area contributed by atoms with E-state index in [0.717, 1.165) is 0 Å². The summed E-state index contributed by atoms with van der Waals surface area (Å²) in [5.41, 5.74) is 0. The van der Waals surface area contributed by atoms with Crippen LogP contribution in [-0.4, -0.2) is 40.6 Å². The van der Waals surface area contributed by atoms with Gasteiger partial charge in [-0.05, 0) is 12.8 Å². The molecule has 1 N–H and O–H groups in total. The first-order chi connectivity index (χ1) is 7.23. The number of amides is 1. The van der Waals surface area contributed by atoms with E-state index in [1.165, 1.54) is 6.92 Å². The number of aliphatic carboxylic acids is 1. The van der Waals surface area contributed by atoms with E-state index in [1.807, 2.05) is 0 Å². The van der Waals surface area contributed by atoms with Gasteiger partial charge in [0.15, 0.2) is 0 Å². The minimum absolute atomic E-state index is 0.391. The van der Waals surface area contributed by atoms with Crippen LogP contribution in [0.4, 0.5) is 13.2 Å². The number of carbonyl (C=O) groups is 2. The lowest BCUT2D eigenvalue weighted by Crippen LogP contribution is -2.45. The zero-order chi connectivity index (χ0) is 12.5. The Balaban J connectivity index is 2.68. The van der Waals surface area contributed by atoms with Crippen molar-refractivity contribution in [1.29, 1.82) is 0 Å². The van der Waals surface area contributed by atoms with Crippen molar-refractivity contribution in [3.05, 3.63) is 0 Å². The summed E-state index contributed by atoms with van der Waals surface area (Å²) in [6.07, 6.45) is -3.91. The van der Waals surface area contributed by atoms with Gasteiger partial charge in [-0.2, -0.15) is 13.2 Å². The van der Waals surface area contributed by atoms with Crippen molar-refractivity contribution in [2.75, 3.05) is 6.54 Å². The van der Waals surface area contributed by atoms with Gasteiger partial charge in [-0.25, -0.2) is 0 Å². The van der Waals surface area contributed by atoms with Gasteiger partial charge < -0.3 is 10.0 Å². The molecule has 0 heterocycles. The average molecular weight is 239 g/mol. The van der Waals surface area contributed by atoms with E-state index in [2.05, 4.69) is 0 Å². The number of rotatable bonds is 4. The SMILES string of the molecule is CC(CN(C(=O)C(F)(F)F)C1CC1)C(=O)O. The number of carboxylic acids is 1. The van der Waals surface area contributed by atoms with E-state index in [-0.39, 0.29) is 0 Å². The smallest absolute Gasteiger partial charge is 0.471 e. The van der Waals surface area contributed by atoms with Gasteiger partial charge in [0.05, 0.1) is 5.92 Å². The fourth-order valence-corrected chi connectivity index (χ4v) is 1.32. The molecule has 4 nitrogen and oxygen atoms in total. The molecule has 92 valence electrons. The van der Waals surface area contributed by atoms with Gasteiger partial charge in [0.1, 0.15) is 0 Å². The second kappa shape index (κ2) is 4.31. The molecule has 1 aliphatic rings. The van der Waals surface area contributed by atoms with Gasteiger partial charge >= 0.3 is 18.1 Å². The first kappa shape index (κ1) is 12.8. The summed E-state index contributed by atoms with van der Waals surface area (Å²) in [5.74, 6) is -4.14. The molecule has 1 rings (SSSR count). The Kier molecular flexibility index (Phi) is 3.44. The number of carbonyl (C=O) groups excluding carboxylic acids is 1. The van der Waals surface area contributed by atoms with Gasteiger partial charge in [0.2, 0.25) is 0 Å². The van der Waals surface area contributed by atoms with E-state index in [4.69, 9.17) is 5.11 Å². The molecule has 7 heteroatoms. The van der Waals surface area contributed by atoms with Crippen molar-refractivity contribution in [2.24, 2.45) is 5.92 Å². The molecular formula is C9H12F3NO3. The van der Waals surface area contributed by atoms with Crippen LogP contribution >= 0.6 is 0 Å². The van der Waals surface area contributed by atoms with Gasteiger partial charge in [0.25, 0.3) is 0 Å². The van der Waals surface area contributed by atoms with Gasteiger partial charge in [0, 0.05) is 12.6 Å². The Labute approximate surface area is 90.0 Å². The highest BCUT2D eigenvalue weighted by Gasteiger charge is 2.47. The lowest BCUT2D eigenvalue weighted by atomic mass is 10.1. The zero-order valence-corrected chi connectivity index (χ0v) is 8.62. The maximum atomic E-state index is 12.2. The summed E-state index contributed by atoms with van der Waals surface area (Å²) < 4.78 is 36.6. The second-order valence-corrected chi connectivity index (χ2v) is 3.93. The standard InChI is InChI=1S/C9H12F3NO3/c1-5(7(14)15)4-13(6-2-3-6)8(16)9(10,11)12/h5-6H,2-4H2,1H3,(H,14,15). The molecule has 0 aromatic carbocycles. The average Bonchev–Trinajstić information content (AvgIpc) is 2.94. The van der Waals surface area contributed by atoms with Crippen LogP contribution in [0.3, 0.4) is 0 Å². The molecule has 16 heavy (non-hydrogen) atoms. The summed E-state index contributed by atoms with van der Waals surface area (Å²) >= 11 is 0. The summed E-state index contributed by atoms with van der Waals surface area (Å²) in [5, 5.41) is 8.60. The minimum atomic E-state index is -4.93. The largest absolute Gasteiger partial charge is 0.481 e. The van der Waals surface area contributed by atoms with E-state index >= 15 is 0 Å². The Morgan fingerprint density at radius 1 is 1.44 bits per heavy atom. The van der Waals surface area contributed by atoms with Crippen molar-refractivity contribution >= 4 is 11.9 Å². The molecule has 1 unspecified atom stereocenters. The van der Waals surface area contributed by atoms with E-state index in [0.29, 0.717) is 17.7 Å². The number of nitrogens with zero attached hydrogens (tertiary/aromatic N) is 1. The van der Waals surface area contributed by atoms with Crippen molar-refractivity contribution in [3.8, 4) is 0 Å². The predicted octanol–water partition coefficient (Wildman–Crippen LogP) is 1.26. The highest BCUT2D eigenvalue weighted by Crippen LogP contribution is 2.31. The summed E-state index contributed by atoms with van der Waals surface area (Å²) in [4.78, 5) is 22.2. The van der Waals surface area contributed by atoms with Crippen LogP contribution in [0.15, 0.2) is 0 Å². The number of alkyl halides is 3. The molecule has 0 aromatic rings. The zero-order valence-electron chi connectivity index (χ0n) is 8.62. The monoisotopic (exact) mass is 239 g/mol. The molecule has 1 amide bonds. The third-order valence-electron chi connectivity index (χ3n) is 2.38. The van der Waals surface area contributed by atoms with Crippen molar-refractivity contribution in [3.63, 3.8) is 0 Å². The highest BCUT2D eigenvalue weighted by molar-refractivity contribution is 5.83. The van der Waals surface area contributed by atoms with Crippen LogP contribution in [0.2, 0.25) is 0 Å². The molecular weight excluding hydrogens is 227 g/mol. The Hall–Kier alpha value is -1.27. The molecule has 0 radical (unpaired) electrons. The molecule has 0 spiro atoms. The van der Waals surface area contributed by atoms with Gasteiger partial charge in [-0.1, -0.05) is 6.92 Å². The molecule has 0 saturated heterocycles. The van der Waals surface area contributed by atoms with Crippen LogP contribution in [-0.2, 0) is 9.59 Å². The Bertz CT molecular complexity index is 299. The van der Waals surface area contributed by atoms with Crippen LogP contribution < -0.4 is 0 Å². The van der Waals surface area contributed by atoms with Crippen LogP contribution in [0.25, 0.3) is 0 Å². The predicted molar refractivity (Wildman–Crippen MR) is 47.6 cm³/mol. The van der Waals surface area contributed by atoms with E-state index in [9.17, 15) is 22.8 Å². The Morgan fingerprint density at radius 2 is 1.94 bits per heavy atom. The summed E-state index contributed by atoms with van der Waals surface area (Å²) in [6, 6.07) is -0.448. The quantitative estimate of drug-likeness (QED) is 0.803. The number of halogens is 3. The lowest BCUT2D eigenvalue weighted by Gasteiger charge is -2.25. The van der Waals surface area contributed by atoms with Crippen LogP contribution in [0.1, 0.15) is 19.8 Å². The normalized spacial score (nSPS) is 18.0. The van der Waals surface area contributed by atoms with Crippen molar-refractivity contribution in [1.82, 2.24) is 4.90 Å². The lowest BCUT2D eigenvalue weighted by molar-refractivity contribution is -0.187. The molecule has 0 aliphatic heterocycles. The van der Waals surface area contributed by atoms with Gasteiger partial charge in [-0.15, -0.1) is 0 Å². The number of carboxylic acid groups (broad SMARTS) is 1. The fourth-order valence-electron chi connectivity index (χ4n) is 1.32. The maximum Gasteiger partial charge on any atom is 0.471 e. The molecule has 1 atom stereocenters. The van der Waals surface area contributed by atoms with Gasteiger partial charge in [-0.3, -0.25) is 9.59 Å². The molecule has 0 bridgehead atoms. The highest BCUT2D eigenvalue weighted by atomic mass is 19.4. The number of hydrogen-bond acceptors (Lipinski definition) is 2. The summed E-state index contributed by atoms with van der Waals surface area (Å²) in [6.45, 7) is 0.889. The minimum Gasteiger partial charge on any atom is -0.481 e. The first-order valence-corrected chi connectivity index (χ1v) is 4.84. The second-order valence-electron chi connectivity index (χ2n) is 3.93. The van der Waals surface area contributed by atoms with E-state index in [1.54, 1.807) is 0 Å². The first-order valence-electron chi connectivity index (χ1n) is 4.84. The van der Waals surface area contributed by atoms with Crippen LogP contribution in [0, 0.1) is 5.92 Å². The molecule has 1 aliphatic carbocycles. The molecule has 1 fully saturated rings. The summed E-state index contributed by atoms with van der Waals surface area (Å²) in [7, 11) is 0. The maximum absolute atomic E-state index is 12.2. The topological polar surface area (TPSA) is 57.6 Å². The molecule has 0 aromatic heterocycles. The van der Waals surface area contributed by atoms with E-state index < -0.39 is 36.6 Å². The third-order valence-corrected chi connectivity index (χ3v) is 2.38. The third kappa shape index (κ3) is 3.11. The Morgan fingerprint density at radius 3 is 2.25 bits per heavy atom. The van der Waals surface area contributed by atoms with Crippen molar-refractivity contribution in [2.45, 2.75) is 32.0 Å². The van der Waals surface area contributed by atoms with Crippen molar-refractivity contribution < 1.29 is 27.9 Å². The van der Waals surface area contributed by atoms with Crippen LogP contribution in [0.5, 0.6) is 0 Å². The fraction of sp³-hybridized carbons (Fsp3) is 0.778.